The maximum atomic E-state index is 11.4. The van der Waals surface area contributed by atoms with E-state index in [1.807, 2.05) is 66.1 Å². The van der Waals surface area contributed by atoms with Crippen molar-refractivity contribution in [2.75, 3.05) is 5.01 Å². The van der Waals surface area contributed by atoms with Crippen LogP contribution >= 0.6 is 0 Å². The van der Waals surface area contributed by atoms with Gasteiger partial charge in [0.15, 0.2) is 0 Å². The molecule has 2 aromatic carbocycles. The van der Waals surface area contributed by atoms with E-state index >= 15 is 0 Å². The van der Waals surface area contributed by atoms with Crippen LogP contribution in [0.3, 0.4) is 0 Å². The highest BCUT2D eigenvalue weighted by atomic mass is 16.2. The molecular weight excluding hydrogens is 244 g/mol. The first-order chi connectivity index (χ1) is 8.81. The van der Waals surface area contributed by atoms with Gasteiger partial charge in [0.2, 0.25) is 0 Å². The van der Waals surface area contributed by atoms with Crippen molar-refractivity contribution in [1.82, 2.24) is 10.9 Å². The van der Waals surface area contributed by atoms with E-state index in [9.17, 15) is 4.79 Å². The summed E-state index contributed by atoms with van der Waals surface area (Å²) in [5, 5.41) is 1.65. The van der Waals surface area contributed by atoms with Crippen molar-refractivity contribution >= 4 is 17.4 Å². The van der Waals surface area contributed by atoms with Crippen LogP contribution in [0.25, 0.3) is 0 Å². The Morgan fingerprint density at radius 3 is 1.68 bits per heavy atom. The SMILES string of the molecule is NNC(=O)NN(c1ccccc1)c1ccccc1.O. The number of para-hydroxylation sites is 2. The number of hydrogen-bond acceptors (Lipinski definition) is 3. The Labute approximate surface area is 111 Å². The zero-order valence-electron chi connectivity index (χ0n) is 10.2. The van der Waals surface area contributed by atoms with Gasteiger partial charge in [0.05, 0.1) is 11.4 Å². The number of carbonyl (C=O) groups is 1. The first kappa shape index (κ1) is 14.5. The van der Waals surface area contributed by atoms with Gasteiger partial charge in [0.25, 0.3) is 0 Å². The third kappa shape index (κ3) is 3.70. The molecule has 19 heavy (non-hydrogen) atoms. The van der Waals surface area contributed by atoms with Crippen LogP contribution < -0.4 is 21.7 Å². The molecular formula is C13H16N4O2. The Kier molecular flexibility index (Phi) is 5.34. The fourth-order valence-electron chi connectivity index (χ4n) is 1.57. The predicted molar refractivity (Wildman–Crippen MR) is 74.5 cm³/mol. The van der Waals surface area contributed by atoms with Crippen molar-refractivity contribution in [3.05, 3.63) is 60.7 Å². The average Bonchev–Trinajstić information content (AvgIpc) is 2.46. The van der Waals surface area contributed by atoms with E-state index in [2.05, 4.69) is 5.43 Å². The molecule has 0 unspecified atom stereocenters. The average molecular weight is 260 g/mol. The second-order valence-electron chi connectivity index (χ2n) is 3.59. The van der Waals surface area contributed by atoms with Gasteiger partial charge >= 0.3 is 6.03 Å². The van der Waals surface area contributed by atoms with Crippen LogP contribution in [0.15, 0.2) is 60.7 Å². The zero-order chi connectivity index (χ0) is 12.8. The fraction of sp³-hybridized carbons (Fsp3) is 0. The lowest BCUT2D eigenvalue weighted by Crippen LogP contribution is -2.47. The summed E-state index contributed by atoms with van der Waals surface area (Å²) in [6.45, 7) is 0. The van der Waals surface area contributed by atoms with E-state index in [1.165, 1.54) is 0 Å². The molecule has 0 aliphatic rings. The molecule has 0 saturated carbocycles. The number of amides is 2. The molecule has 0 aromatic heterocycles. The van der Waals surface area contributed by atoms with Crippen molar-refractivity contribution in [2.45, 2.75) is 0 Å². The maximum absolute atomic E-state index is 11.4. The number of nitrogens with one attached hydrogen (secondary N) is 2. The van der Waals surface area contributed by atoms with Gasteiger partial charge < -0.3 is 5.48 Å². The third-order valence-corrected chi connectivity index (χ3v) is 2.37. The van der Waals surface area contributed by atoms with Gasteiger partial charge in [0, 0.05) is 0 Å². The summed E-state index contributed by atoms with van der Waals surface area (Å²) in [4.78, 5) is 11.4. The second-order valence-corrected chi connectivity index (χ2v) is 3.59. The summed E-state index contributed by atoms with van der Waals surface area (Å²) >= 11 is 0. The molecule has 0 aliphatic heterocycles. The topological polar surface area (TPSA) is 102 Å². The lowest BCUT2D eigenvalue weighted by Gasteiger charge is -2.24. The van der Waals surface area contributed by atoms with Crippen LogP contribution in [0, 0.1) is 0 Å². The Morgan fingerprint density at radius 1 is 0.895 bits per heavy atom. The number of urea groups is 1. The molecule has 0 heterocycles. The molecule has 2 rings (SSSR count). The van der Waals surface area contributed by atoms with E-state index in [4.69, 9.17) is 5.84 Å². The van der Waals surface area contributed by atoms with Crippen LogP contribution in [0.2, 0.25) is 0 Å². The van der Waals surface area contributed by atoms with Crippen molar-refractivity contribution in [3.63, 3.8) is 0 Å². The number of anilines is 2. The zero-order valence-corrected chi connectivity index (χ0v) is 10.2. The molecule has 0 radical (unpaired) electrons. The number of rotatable bonds is 3. The molecule has 0 spiro atoms. The molecule has 0 aliphatic carbocycles. The van der Waals surface area contributed by atoms with Crippen molar-refractivity contribution < 1.29 is 10.3 Å². The molecule has 6 N–H and O–H groups in total. The molecule has 0 atom stereocenters. The van der Waals surface area contributed by atoms with Crippen molar-refractivity contribution in [1.29, 1.82) is 0 Å². The summed E-state index contributed by atoms with van der Waals surface area (Å²) in [5.74, 6) is 5.09. The Hall–Kier alpha value is -2.57. The van der Waals surface area contributed by atoms with Crippen LogP contribution in [0.5, 0.6) is 0 Å². The molecule has 0 bridgehead atoms. The first-order valence-electron chi connectivity index (χ1n) is 5.48. The molecule has 6 nitrogen and oxygen atoms in total. The minimum atomic E-state index is -0.484. The molecule has 0 fully saturated rings. The van der Waals surface area contributed by atoms with Gasteiger partial charge in [-0.05, 0) is 24.3 Å². The minimum Gasteiger partial charge on any atom is -0.412 e. The number of nitrogens with two attached hydrogens (primary N) is 1. The van der Waals surface area contributed by atoms with Gasteiger partial charge in [-0.1, -0.05) is 36.4 Å². The number of carbonyl (C=O) groups excluding carboxylic acids is 1. The van der Waals surface area contributed by atoms with Gasteiger partial charge in [-0.2, -0.15) is 0 Å². The summed E-state index contributed by atoms with van der Waals surface area (Å²) in [6, 6.07) is 18.5. The smallest absolute Gasteiger partial charge is 0.348 e. The second kappa shape index (κ2) is 7.00. The van der Waals surface area contributed by atoms with Gasteiger partial charge in [-0.3, -0.25) is 10.4 Å². The molecule has 2 amide bonds. The predicted octanol–water partition coefficient (Wildman–Crippen LogP) is 1.09. The molecule has 0 saturated heterocycles. The van der Waals surface area contributed by atoms with Gasteiger partial charge in [0.1, 0.15) is 0 Å². The number of hydrazine groups is 2. The third-order valence-electron chi connectivity index (χ3n) is 2.37. The summed E-state index contributed by atoms with van der Waals surface area (Å²) in [6.07, 6.45) is 0. The molecule has 6 heteroatoms. The highest BCUT2D eigenvalue weighted by Crippen LogP contribution is 2.22. The molecule has 100 valence electrons. The minimum absolute atomic E-state index is 0. The highest BCUT2D eigenvalue weighted by molar-refractivity contribution is 5.78. The quantitative estimate of drug-likeness (QED) is 0.437. The number of nitrogens with zero attached hydrogens (tertiary/aromatic N) is 1. The lowest BCUT2D eigenvalue weighted by atomic mass is 10.2. The van der Waals surface area contributed by atoms with Gasteiger partial charge in [-0.25, -0.2) is 16.1 Å². The van der Waals surface area contributed by atoms with E-state index in [-0.39, 0.29) is 5.48 Å². The van der Waals surface area contributed by atoms with Crippen molar-refractivity contribution in [3.8, 4) is 0 Å². The van der Waals surface area contributed by atoms with E-state index < -0.39 is 6.03 Å². The molecule has 2 aromatic rings. The van der Waals surface area contributed by atoms with Crippen LogP contribution in [-0.2, 0) is 0 Å². The number of benzene rings is 2. The summed E-state index contributed by atoms with van der Waals surface area (Å²) < 4.78 is 0. The largest absolute Gasteiger partial charge is 0.412 e. The highest BCUT2D eigenvalue weighted by Gasteiger charge is 2.10. The monoisotopic (exact) mass is 260 g/mol. The Morgan fingerprint density at radius 2 is 1.32 bits per heavy atom. The van der Waals surface area contributed by atoms with Crippen LogP contribution in [0.1, 0.15) is 0 Å². The summed E-state index contributed by atoms with van der Waals surface area (Å²) in [7, 11) is 0. The first-order valence-corrected chi connectivity index (χ1v) is 5.48. The van der Waals surface area contributed by atoms with Gasteiger partial charge in [-0.15, -0.1) is 0 Å². The van der Waals surface area contributed by atoms with E-state index in [1.54, 1.807) is 5.01 Å². The Balaban J connectivity index is 0.00000180. The fourth-order valence-corrected chi connectivity index (χ4v) is 1.57. The number of hydrogen-bond donors (Lipinski definition) is 3. The van der Waals surface area contributed by atoms with E-state index in [0.29, 0.717) is 0 Å². The summed E-state index contributed by atoms with van der Waals surface area (Å²) in [5.41, 5.74) is 6.38. The van der Waals surface area contributed by atoms with Crippen molar-refractivity contribution in [2.24, 2.45) is 5.84 Å². The Bertz CT molecular complexity index is 465. The lowest BCUT2D eigenvalue weighted by molar-refractivity contribution is 0.241. The standard InChI is InChI=1S/C13H14N4O.H2O/c14-15-13(18)16-17(11-7-3-1-4-8-11)12-9-5-2-6-10-12;/h1-10H,14H2,(H2,15,16,18);1H2. The van der Waals surface area contributed by atoms with Crippen LogP contribution in [-0.4, -0.2) is 11.5 Å². The van der Waals surface area contributed by atoms with Crippen LogP contribution in [0.4, 0.5) is 16.2 Å². The van der Waals surface area contributed by atoms with E-state index in [0.717, 1.165) is 11.4 Å². The normalized spacial score (nSPS) is 9.11. The maximum Gasteiger partial charge on any atom is 0.348 e.